The number of hydrogen-bond acceptors (Lipinski definition) is 3. The van der Waals surface area contributed by atoms with Crippen molar-refractivity contribution in [2.24, 2.45) is 0 Å². The highest BCUT2D eigenvalue weighted by molar-refractivity contribution is 8.11. The number of thiol groups is 1. The average molecular weight is 338 g/mol. The normalized spacial score (nSPS) is 10.1. The van der Waals surface area contributed by atoms with E-state index in [0.717, 1.165) is 17.1 Å². The van der Waals surface area contributed by atoms with Gasteiger partial charge in [-0.15, -0.1) is 12.6 Å². The van der Waals surface area contributed by atoms with Gasteiger partial charge >= 0.3 is 0 Å². The van der Waals surface area contributed by atoms with E-state index in [1.807, 2.05) is 78.9 Å². The van der Waals surface area contributed by atoms with Crippen molar-refractivity contribution in [3.05, 3.63) is 84.4 Å². The quantitative estimate of drug-likeness (QED) is 0.463. The van der Waals surface area contributed by atoms with Crippen LogP contribution in [0.1, 0.15) is 5.56 Å². The van der Waals surface area contributed by atoms with Crippen molar-refractivity contribution in [3.63, 3.8) is 0 Å². The van der Waals surface area contributed by atoms with E-state index in [1.54, 1.807) is 0 Å². The third-order valence-electron chi connectivity index (χ3n) is 3.13. The molecule has 0 saturated heterocycles. The molecule has 4 heteroatoms. The molecular formula is C19H14O2S2. The summed E-state index contributed by atoms with van der Waals surface area (Å²) in [5.74, 6) is 2.79. The molecule has 0 saturated carbocycles. The van der Waals surface area contributed by atoms with Crippen molar-refractivity contribution >= 4 is 29.0 Å². The van der Waals surface area contributed by atoms with Crippen LogP contribution in [-0.2, 0) is 0 Å². The number of para-hydroxylation sites is 2. The summed E-state index contributed by atoms with van der Waals surface area (Å²) in [4.78, 5) is 0. The van der Waals surface area contributed by atoms with Crippen LogP contribution < -0.4 is 9.47 Å². The van der Waals surface area contributed by atoms with Crippen LogP contribution in [0.4, 0.5) is 0 Å². The maximum atomic E-state index is 5.93. The van der Waals surface area contributed by atoms with Gasteiger partial charge in [0, 0.05) is 11.6 Å². The lowest BCUT2D eigenvalue weighted by atomic mass is 10.2. The predicted molar refractivity (Wildman–Crippen MR) is 100 cm³/mol. The van der Waals surface area contributed by atoms with Gasteiger partial charge in [-0.2, -0.15) is 0 Å². The first-order valence-electron chi connectivity index (χ1n) is 7.05. The molecule has 0 amide bonds. The topological polar surface area (TPSA) is 18.5 Å². The van der Waals surface area contributed by atoms with Crippen LogP contribution in [0.5, 0.6) is 23.0 Å². The second kappa shape index (κ2) is 7.31. The van der Waals surface area contributed by atoms with Crippen molar-refractivity contribution < 1.29 is 9.47 Å². The third kappa shape index (κ3) is 4.12. The molecule has 0 atom stereocenters. The van der Waals surface area contributed by atoms with Gasteiger partial charge in [-0.1, -0.05) is 48.6 Å². The Morgan fingerprint density at radius 2 is 1.26 bits per heavy atom. The number of benzene rings is 3. The van der Waals surface area contributed by atoms with Crippen LogP contribution >= 0.6 is 24.8 Å². The lowest BCUT2D eigenvalue weighted by molar-refractivity contribution is 0.460. The van der Waals surface area contributed by atoms with Crippen LogP contribution in [0.3, 0.4) is 0 Å². The fourth-order valence-electron chi connectivity index (χ4n) is 2.07. The molecule has 0 aliphatic rings. The lowest BCUT2D eigenvalue weighted by Crippen LogP contribution is -1.95. The largest absolute Gasteiger partial charge is 0.457 e. The zero-order valence-electron chi connectivity index (χ0n) is 12.2. The van der Waals surface area contributed by atoms with Crippen molar-refractivity contribution in [1.82, 2.24) is 0 Å². The van der Waals surface area contributed by atoms with Gasteiger partial charge in [0.15, 0.2) is 0 Å². The Bertz CT molecular complexity index is 802. The van der Waals surface area contributed by atoms with E-state index >= 15 is 0 Å². The van der Waals surface area contributed by atoms with Crippen molar-refractivity contribution in [2.75, 3.05) is 0 Å². The first kappa shape index (κ1) is 15.6. The highest BCUT2D eigenvalue weighted by atomic mass is 32.1. The van der Waals surface area contributed by atoms with E-state index in [9.17, 15) is 0 Å². The zero-order valence-corrected chi connectivity index (χ0v) is 13.9. The van der Waals surface area contributed by atoms with Gasteiger partial charge in [-0.25, -0.2) is 0 Å². The van der Waals surface area contributed by atoms with Crippen molar-refractivity contribution in [3.8, 4) is 23.0 Å². The van der Waals surface area contributed by atoms with Gasteiger partial charge in [0.05, 0.1) is 4.20 Å². The minimum atomic E-state index is 0.474. The molecule has 0 spiro atoms. The lowest BCUT2D eigenvalue weighted by Gasteiger charge is -2.13. The Morgan fingerprint density at radius 1 is 0.696 bits per heavy atom. The number of hydrogen-bond donors (Lipinski definition) is 1. The molecule has 23 heavy (non-hydrogen) atoms. The summed E-state index contributed by atoms with van der Waals surface area (Å²) in [5, 5.41) is 0. The summed E-state index contributed by atoms with van der Waals surface area (Å²) >= 11 is 9.45. The van der Waals surface area contributed by atoms with E-state index in [2.05, 4.69) is 12.6 Å². The van der Waals surface area contributed by atoms with Gasteiger partial charge in [0.25, 0.3) is 0 Å². The number of thiocarbonyl (C=S) groups is 1. The first-order valence-corrected chi connectivity index (χ1v) is 7.91. The van der Waals surface area contributed by atoms with Crippen LogP contribution in [0.25, 0.3) is 0 Å². The van der Waals surface area contributed by atoms with E-state index in [1.165, 1.54) is 0 Å². The number of ether oxygens (including phenoxy) is 2. The molecular weight excluding hydrogens is 324 g/mol. The van der Waals surface area contributed by atoms with Gasteiger partial charge in [0.1, 0.15) is 23.0 Å². The Kier molecular flexibility index (Phi) is 4.95. The van der Waals surface area contributed by atoms with E-state index in [-0.39, 0.29) is 0 Å². The molecule has 114 valence electrons. The minimum absolute atomic E-state index is 0.474. The van der Waals surface area contributed by atoms with Gasteiger partial charge in [0.2, 0.25) is 0 Å². The monoisotopic (exact) mass is 338 g/mol. The molecule has 0 N–H and O–H groups in total. The van der Waals surface area contributed by atoms with Crippen LogP contribution in [0, 0.1) is 0 Å². The summed E-state index contributed by atoms with van der Waals surface area (Å²) in [6, 6.07) is 24.6. The maximum absolute atomic E-state index is 5.93. The molecule has 0 aliphatic heterocycles. The number of rotatable bonds is 5. The first-order chi connectivity index (χ1) is 11.2. The SMILES string of the molecule is S=C(S)c1ccc(Oc2ccccc2)cc1Oc1ccccc1. The standard InChI is InChI=1S/C19H14O2S2/c22-19(23)17-12-11-16(20-14-7-3-1-4-8-14)13-18(17)21-15-9-5-2-6-10-15/h1-13H,(H,22,23). The van der Waals surface area contributed by atoms with E-state index < -0.39 is 0 Å². The Hall–Kier alpha value is -2.30. The average Bonchev–Trinajstić information content (AvgIpc) is 2.57. The van der Waals surface area contributed by atoms with Gasteiger partial charge in [-0.05, 0) is 36.4 Å². The van der Waals surface area contributed by atoms with Crippen LogP contribution in [-0.4, -0.2) is 4.20 Å². The van der Waals surface area contributed by atoms with Gasteiger partial charge < -0.3 is 9.47 Å². The summed E-state index contributed by atoms with van der Waals surface area (Å²) in [6.45, 7) is 0. The Balaban J connectivity index is 1.91. The fourth-order valence-corrected chi connectivity index (χ4v) is 2.42. The summed E-state index contributed by atoms with van der Waals surface area (Å²) < 4.78 is 12.3. The van der Waals surface area contributed by atoms with Crippen LogP contribution in [0.2, 0.25) is 0 Å². The molecule has 0 aliphatic carbocycles. The molecule has 2 nitrogen and oxygen atoms in total. The zero-order chi connectivity index (χ0) is 16.1. The Morgan fingerprint density at radius 3 is 1.83 bits per heavy atom. The molecule has 3 rings (SSSR count). The van der Waals surface area contributed by atoms with E-state index in [0.29, 0.717) is 15.7 Å². The summed E-state index contributed by atoms with van der Waals surface area (Å²) in [5.41, 5.74) is 0.757. The molecule has 0 aromatic heterocycles. The summed E-state index contributed by atoms with van der Waals surface area (Å²) in [7, 11) is 0. The second-order valence-electron chi connectivity index (χ2n) is 4.79. The predicted octanol–water partition coefficient (Wildman–Crippen LogP) is 5.88. The van der Waals surface area contributed by atoms with Gasteiger partial charge in [-0.3, -0.25) is 0 Å². The van der Waals surface area contributed by atoms with Crippen molar-refractivity contribution in [1.29, 1.82) is 0 Å². The molecule has 0 bridgehead atoms. The smallest absolute Gasteiger partial charge is 0.140 e. The highest BCUT2D eigenvalue weighted by Crippen LogP contribution is 2.32. The molecule has 0 unspecified atom stereocenters. The molecule has 0 fully saturated rings. The van der Waals surface area contributed by atoms with E-state index in [4.69, 9.17) is 21.7 Å². The minimum Gasteiger partial charge on any atom is -0.457 e. The molecule has 0 heterocycles. The van der Waals surface area contributed by atoms with Crippen LogP contribution in [0.15, 0.2) is 78.9 Å². The molecule has 0 radical (unpaired) electrons. The molecule has 3 aromatic rings. The fraction of sp³-hybridized carbons (Fsp3) is 0. The molecule has 3 aromatic carbocycles. The van der Waals surface area contributed by atoms with Crippen molar-refractivity contribution in [2.45, 2.75) is 0 Å². The Labute approximate surface area is 146 Å². The maximum Gasteiger partial charge on any atom is 0.140 e. The highest BCUT2D eigenvalue weighted by Gasteiger charge is 2.10. The second-order valence-corrected chi connectivity index (χ2v) is 5.95. The summed E-state index contributed by atoms with van der Waals surface area (Å²) in [6.07, 6.45) is 0. The third-order valence-corrected chi connectivity index (χ3v) is 3.59.